The van der Waals surface area contributed by atoms with E-state index in [0.717, 1.165) is 37.4 Å². The van der Waals surface area contributed by atoms with Gasteiger partial charge in [0.2, 0.25) is 0 Å². The first-order chi connectivity index (χ1) is 9.21. The number of H-pyrrole nitrogens is 1. The molecule has 1 saturated heterocycles. The molecular formula is C13H16N4OS. The third-order valence-corrected chi connectivity index (χ3v) is 3.99. The van der Waals surface area contributed by atoms with Gasteiger partial charge >= 0.3 is 0 Å². The van der Waals surface area contributed by atoms with E-state index in [2.05, 4.69) is 26.7 Å². The largest absolute Gasteiger partial charge is 0.381 e. The van der Waals surface area contributed by atoms with Gasteiger partial charge < -0.3 is 4.74 Å². The molecule has 0 radical (unpaired) electrons. The highest BCUT2D eigenvalue weighted by Crippen LogP contribution is 2.32. The summed E-state index contributed by atoms with van der Waals surface area (Å²) in [6.45, 7) is 3.74. The highest BCUT2D eigenvalue weighted by molar-refractivity contribution is 7.71. The second kappa shape index (κ2) is 4.86. The number of rotatable bonds is 2. The van der Waals surface area contributed by atoms with Gasteiger partial charge in [0, 0.05) is 31.2 Å². The molecule has 0 spiro atoms. The fraction of sp³-hybridized carbons (Fsp3) is 0.462. The molecule has 1 aliphatic heterocycles. The second-order valence-electron chi connectivity index (χ2n) is 5.03. The van der Waals surface area contributed by atoms with Crippen molar-refractivity contribution in [3.8, 4) is 11.4 Å². The fourth-order valence-corrected chi connectivity index (χ4v) is 2.88. The van der Waals surface area contributed by atoms with Crippen LogP contribution in [0.1, 0.15) is 19.8 Å². The van der Waals surface area contributed by atoms with Crippen molar-refractivity contribution in [1.29, 1.82) is 0 Å². The molecule has 6 heteroatoms. The van der Waals surface area contributed by atoms with Crippen molar-refractivity contribution in [2.45, 2.75) is 25.3 Å². The Morgan fingerprint density at radius 1 is 1.32 bits per heavy atom. The first kappa shape index (κ1) is 12.5. The maximum atomic E-state index is 5.46. The number of ether oxygens (including phenoxy) is 1. The van der Waals surface area contributed by atoms with Gasteiger partial charge in [-0.05, 0) is 44.1 Å². The van der Waals surface area contributed by atoms with Crippen LogP contribution in [0.3, 0.4) is 0 Å². The van der Waals surface area contributed by atoms with E-state index in [4.69, 9.17) is 17.0 Å². The Labute approximate surface area is 116 Å². The van der Waals surface area contributed by atoms with Gasteiger partial charge in [0.25, 0.3) is 0 Å². The van der Waals surface area contributed by atoms with Gasteiger partial charge in [0.05, 0.1) is 5.54 Å². The van der Waals surface area contributed by atoms with Crippen LogP contribution in [0.2, 0.25) is 0 Å². The number of hydrogen-bond acceptors (Lipinski definition) is 4. The van der Waals surface area contributed by atoms with Crippen molar-refractivity contribution in [3.05, 3.63) is 29.3 Å². The van der Waals surface area contributed by atoms with E-state index in [1.54, 1.807) is 12.4 Å². The summed E-state index contributed by atoms with van der Waals surface area (Å²) in [6.07, 6.45) is 5.42. The van der Waals surface area contributed by atoms with Crippen LogP contribution in [0.4, 0.5) is 0 Å². The van der Waals surface area contributed by atoms with Crippen LogP contribution in [0.5, 0.6) is 0 Å². The van der Waals surface area contributed by atoms with Gasteiger partial charge in [-0.2, -0.15) is 5.10 Å². The Balaban J connectivity index is 2.11. The summed E-state index contributed by atoms with van der Waals surface area (Å²) in [4.78, 5) is 4.04. The molecule has 3 heterocycles. The summed E-state index contributed by atoms with van der Waals surface area (Å²) in [5.74, 6) is 0.872. The molecule has 0 bridgehead atoms. The van der Waals surface area contributed by atoms with Gasteiger partial charge in [-0.15, -0.1) is 0 Å². The third-order valence-electron chi connectivity index (χ3n) is 3.72. The molecule has 0 aromatic carbocycles. The van der Waals surface area contributed by atoms with Crippen molar-refractivity contribution in [2.24, 2.45) is 0 Å². The summed E-state index contributed by atoms with van der Waals surface area (Å²) in [6, 6.07) is 3.90. The average molecular weight is 276 g/mol. The van der Waals surface area contributed by atoms with Crippen molar-refractivity contribution >= 4 is 12.2 Å². The van der Waals surface area contributed by atoms with Gasteiger partial charge in [-0.1, -0.05) is 0 Å². The van der Waals surface area contributed by atoms with Crippen LogP contribution in [0.15, 0.2) is 24.5 Å². The van der Waals surface area contributed by atoms with Crippen LogP contribution < -0.4 is 0 Å². The smallest absolute Gasteiger partial charge is 0.195 e. The van der Waals surface area contributed by atoms with E-state index in [1.165, 1.54) is 0 Å². The van der Waals surface area contributed by atoms with Crippen molar-refractivity contribution < 1.29 is 4.74 Å². The van der Waals surface area contributed by atoms with E-state index in [9.17, 15) is 0 Å². The lowest BCUT2D eigenvalue weighted by Crippen LogP contribution is -2.37. The molecular weight excluding hydrogens is 260 g/mol. The van der Waals surface area contributed by atoms with Crippen molar-refractivity contribution in [2.75, 3.05) is 13.2 Å². The number of pyridine rings is 1. The lowest BCUT2D eigenvalue weighted by atomic mass is 9.92. The number of hydrogen-bond donors (Lipinski definition) is 1. The second-order valence-corrected chi connectivity index (χ2v) is 5.42. The summed E-state index contributed by atoms with van der Waals surface area (Å²) < 4.78 is 8.25. The summed E-state index contributed by atoms with van der Waals surface area (Å²) in [5.41, 5.74) is 0.982. The molecule has 2 aromatic rings. The molecule has 1 fully saturated rings. The van der Waals surface area contributed by atoms with Crippen LogP contribution in [-0.4, -0.2) is 33.0 Å². The molecule has 0 amide bonds. The minimum Gasteiger partial charge on any atom is -0.381 e. The monoisotopic (exact) mass is 276 g/mol. The molecule has 100 valence electrons. The van der Waals surface area contributed by atoms with Gasteiger partial charge in [-0.25, -0.2) is 0 Å². The van der Waals surface area contributed by atoms with Gasteiger partial charge in [-0.3, -0.25) is 14.6 Å². The maximum Gasteiger partial charge on any atom is 0.195 e. The van der Waals surface area contributed by atoms with Gasteiger partial charge in [0.15, 0.2) is 10.6 Å². The fourth-order valence-electron chi connectivity index (χ4n) is 2.53. The average Bonchev–Trinajstić information content (AvgIpc) is 2.83. The minimum atomic E-state index is -0.0407. The zero-order chi connectivity index (χ0) is 13.3. The van der Waals surface area contributed by atoms with Crippen LogP contribution in [-0.2, 0) is 10.3 Å². The first-order valence-electron chi connectivity index (χ1n) is 6.37. The molecule has 1 N–H and O–H groups in total. The topological polar surface area (TPSA) is 55.7 Å². The minimum absolute atomic E-state index is 0.0407. The highest BCUT2D eigenvalue weighted by atomic mass is 32.1. The quantitative estimate of drug-likeness (QED) is 0.856. The van der Waals surface area contributed by atoms with Gasteiger partial charge in [0.1, 0.15) is 0 Å². The molecule has 0 aliphatic carbocycles. The lowest BCUT2D eigenvalue weighted by molar-refractivity contribution is 0.0295. The van der Waals surface area contributed by atoms with E-state index in [1.807, 2.05) is 12.1 Å². The molecule has 0 saturated carbocycles. The lowest BCUT2D eigenvalue weighted by Gasteiger charge is -2.35. The standard InChI is InChI=1S/C13H16N4OS/c1-13(4-8-18-9-5-13)17-11(15-16-12(17)19)10-2-6-14-7-3-10/h2-3,6-7H,4-5,8-9H2,1H3,(H,16,19). The Bertz CT molecular complexity index is 613. The zero-order valence-corrected chi connectivity index (χ0v) is 11.6. The van der Waals surface area contributed by atoms with E-state index in [-0.39, 0.29) is 5.54 Å². The Morgan fingerprint density at radius 3 is 2.68 bits per heavy atom. The SMILES string of the molecule is CC1(n2c(-c3ccncc3)n[nH]c2=S)CCOCC1. The zero-order valence-electron chi connectivity index (χ0n) is 10.8. The molecule has 0 atom stereocenters. The van der Waals surface area contributed by atoms with Crippen molar-refractivity contribution in [3.63, 3.8) is 0 Å². The number of aromatic nitrogens is 4. The molecule has 0 unspecified atom stereocenters. The number of nitrogens with one attached hydrogen (secondary N) is 1. The summed E-state index contributed by atoms with van der Waals surface area (Å²) in [5, 5.41) is 7.30. The predicted molar refractivity (Wildman–Crippen MR) is 74.3 cm³/mol. The van der Waals surface area contributed by atoms with Crippen LogP contribution >= 0.6 is 12.2 Å². The first-order valence-corrected chi connectivity index (χ1v) is 6.78. The Hall–Kier alpha value is -1.53. The van der Waals surface area contributed by atoms with E-state index in [0.29, 0.717) is 4.77 Å². The van der Waals surface area contributed by atoms with E-state index < -0.39 is 0 Å². The summed E-state index contributed by atoms with van der Waals surface area (Å²) >= 11 is 5.41. The molecule has 2 aromatic heterocycles. The molecule has 19 heavy (non-hydrogen) atoms. The van der Waals surface area contributed by atoms with Crippen LogP contribution in [0.25, 0.3) is 11.4 Å². The molecule has 3 rings (SSSR count). The summed E-state index contributed by atoms with van der Waals surface area (Å²) in [7, 11) is 0. The Morgan fingerprint density at radius 2 is 2.00 bits per heavy atom. The molecule has 5 nitrogen and oxygen atoms in total. The maximum absolute atomic E-state index is 5.46. The predicted octanol–water partition coefficient (Wildman–Crippen LogP) is 2.53. The van der Waals surface area contributed by atoms with Crippen molar-refractivity contribution in [1.82, 2.24) is 19.7 Å². The Kier molecular flexibility index (Phi) is 3.20. The van der Waals surface area contributed by atoms with Crippen LogP contribution in [0, 0.1) is 4.77 Å². The number of aromatic amines is 1. The normalized spacial score (nSPS) is 18.4. The molecule has 1 aliphatic rings. The highest BCUT2D eigenvalue weighted by Gasteiger charge is 2.32. The number of nitrogens with zero attached hydrogens (tertiary/aromatic N) is 3. The van der Waals surface area contributed by atoms with E-state index >= 15 is 0 Å². The third kappa shape index (κ3) is 2.21.